The number of amides is 1. The molecule has 0 aliphatic heterocycles. The largest absolute Gasteiger partial charge is 0.488 e. The summed E-state index contributed by atoms with van der Waals surface area (Å²) in [6.07, 6.45) is 5.31. The third-order valence-electron chi connectivity index (χ3n) is 6.27. The fraction of sp³-hybridized carbons (Fsp3) is 0.435. The van der Waals surface area contributed by atoms with Gasteiger partial charge in [0.2, 0.25) is 0 Å². The molecule has 1 N–H and O–H groups in total. The van der Waals surface area contributed by atoms with Crippen molar-refractivity contribution in [2.75, 3.05) is 0 Å². The number of nitrogens with one attached hydrogen (secondary N) is 1. The van der Waals surface area contributed by atoms with Gasteiger partial charge in [-0.05, 0) is 62.1 Å². The van der Waals surface area contributed by atoms with E-state index >= 15 is 0 Å². The molecule has 4 heteroatoms. The fourth-order valence-electron chi connectivity index (χ4n) is 4.85. The third kappa shape index (κ3) is 3.98. The molecule has 0 radical (unpaired) electrons. The van der Waals surface area contributed by atoms with Gasteiger partial charge in [-0.1, -0.05) is 48.4 Å². The molecule has 2 aromatic rings. The molecular formula is C23H26ClNO2. The molecule has 4 atom stereocenters. The zero-order valence-electron chi connectivity index (χ0n) is 15.7. The van der Waals surface area contributed by atoms with Crippen LogP contribution in [0.5, 0.6) is 5.75 Å². The molecule has 0 aromatic heterocycles. The minimum absolute atomic E-state index is 0.0555. The molecule has 2 saturated carbocycles. The highest BCUT2D eigenvalue weighted by molar-refractivity contribution is 6.31. The second kappa shape index (κ2) is 7.93. The molecule has 27 heavy (non-hydrogen) atoms. The Morgan fingerprint density at radius 3 is 2.67 bits per heavy atom. The number of hydrogen-bond acceptors (Lipinski definition) is 2. The number of rotatable bonds is 6. The van der Waals surface area contributed by atoms with Crippen molar-refractivity contribution in [3.63, 3.8) is 0 Å². The predicted molar refractivity (Wildman–Crippen MR) is 108 cm³/mol. The average molecular weight is 384 g/mol. The second-order valence-electron chi connectivity index (χ2n) is 7.98. The second-order valence-corrected chi connectivity index (χ2v) is 8.38. The van der Waals surface area contributed by atoms with E-state index in [-0.39, 0.29) is 11.9 Å². The van der Waals surface area contributed by atoms with Gasteiger partial charge in [-0.15, -0.1) is 0 Å². The minimum Gasteiger partial charge on any atom is -0.488 e. The van der Waals surface area contributed by atoms with E-state index in [9.17, 15) is 4.79 Å². The van der Waals surface area contributed by atoms with Gasteiger partial charge in [0.05, 0.1) is 5.56 Å². The molecule has 0 saturated heterocycles. The Bertz CT molecular complexity index is 822. The highest BCUT2D eigenvalue weighted by atomic mass is 35.5. The van der Waals surface area contributed by atoms with E-state index in [1.807, 2.05) is 48.5 Å². The SMILES string of the molecule is C[C@@H](NC(=O)c1ccccc1OCc1ccccc1Cl)[C@@H]1C[C@H]2CC[C@H]1C2. The predicted octanol–water partition coefficient (Wildman–Crippen LogP) is 5.47. The van der Waals surface area contributed by atoms with Crippen molar-refractivity contribution in [3.8, 4) is 5.75 Å². The van der Waals surface area contributed by atoms with E-state index in [1.54, 1.807) is 0 Å². The van der Waals surface area contributed by atoms with Gasteiger partial charge in [0.15, 0.2) is 0 Å². The molecular weight excluding hydrogens is 358 g/mol. The minimum atomic E-state index is -0.0555. The van der Waals surface area contributed by atoms with Gasteiger partial charge in [0, 0.05) is 16.6 Å². The van der Waals surface area contributed by atoms with Gasteiger partial charge < -0.3 is 10.1 Å². The van der Waals surface area contributed by atoms with Crippen LogP contribution < -0.4 is 10.1 Å². The maximum absolute atomic E-state index is 12.9. The monoisotopic (exact) mass is 383 g/mol. The van der Waals surface area contributed by atoms with Crippen LogP contribution in [0.1, 0.15) is 48.5 Å². The van der Waals surface area contributed by atoms with E-state index < -0.39 is 0 Å². The number of para-hydroxylation sites is 1. The Balaban J connectivity index is 1.42. The lowest BCUT2D eigenvalue weighted by atomic mass is 9.84. The van der Waals surface area contributed by atoms with Crippen LogP contribution in [-0.4, -0.2) is 11.9 Å². The smallest absolute Gasteiger partial charge is 0.255 e. The van der Waals surface area contributed by atoms with Gasteiger partial charge in [0.1, 0.15) is 12.4 Å². The standard InChI is InChI=1S/C23H26ClNO2/c1-15(20-13-16-10-11-17(20)12-16)25-23(26)19-7-3-5-9-22(19)27-14-18-6-2-4-8-21(18)24/h2-9,15-17,20H,10-14H2,1H3,(H,25,26)/t15-,16+,17+,20+/m1/s1. The van der Waals surface area contributed by atoms with E-state index in [1.165, 1.54) is 25.7 Å². The van der Waals surface area contributed by atoms with Gasteiger partial charge in [0.25, 0.3) is 5.91 Å². The molecule has 4 rings (SSSR count). The van der Waals surface area contributed by atoms with Crippen LogP contribution in [0, 0.1) is 17.8 Å². The van der Waals surface area contributed by atoms with Crippen molar-refractivity contribution < 1.29 is 9.53 Å². The highest BCUT2D eigenvalue weighted by Crippen LogP contribution is 2.49. The summed E-state index contributed by atoms with van der Waals surface area (Å²) < 4.78 is 5.94. The quantitative estimate of drug-likeness (QED) is 0.717. The van der Waals surface area contributed by atoms with E-state index in [2.05, 4.69) is 12.2 Å². The number of ether oxygens (including phenoxy) is 1. The molecule has 0 unspecified atom stereocenters. The van der Waals surface area contributed by atoms with Gasteiger partial charge in [-0.2, -0.15) is 0 Å². The molecule has 2 aromatic carbocycles. The van der Waals surface area contributed by atoms with Crippen molar-refractivity contribution >= 4 is 17.5 Å². The zero-order valence-corrected chi connectivity index (χ0v) is 16.4. The van der Waals surface area contributed by atoms with Crippen LogP contribution in [0.4, 0.5) is 0 Å². The fourth-order valence-corrected chi connectivity index (χ4v) is 5.04. The van der Waals surface area contributed by atoms with Crippen LogP contribution in [0.3, 0.4) is 0 Å². The first-order valence-electron chi connectivity index (χ1n) is 9.88. The summed E-state index contributed by atoms with van der Waals surface area (Å²) in [5.74, 6) is 2.82. The first kappa shape index (κ1) is 18.4. The molecule has 3 nitrogen and oxygen atoms in total. The Kier molecular flexibility index (Phi) is 5.40. The Morgan fingerprint density at radius 2 is 1.93 bits per heavy atom. The van der Waals surface area contributed by atoms with Crippen molar-refractivity contribution in [2.24, 2.45) is 17.8 Å². The molecule has 2 bridgehead atoms. The molecule has 0 heterocycles. The Labute approximate surface area is 166 Å². The van der Waals surface area contributed by atoms with Crippen LogP contribution >= 0.6 is 11.6 Å². The van der Waals surface area contributed by atoms with Gasteiger partial charge >= 0.3 is 0 Å². The number of hydrogen-bond donors (Lipinski definition) is 1. The summed E-state index contributed by atoms with van der Waals surface area (Å²) in [4.78, 5) is 12.9. The molecule has 1 amide bonds. The molecule has 2 aliphatic carbocycles. The van der Waals surface area contributed by atoms with E-state index in [0.29, 0.717) is 28.9 Å². The molecule has 142 valence electrons. The lowest BCUT2D eigenvalue weighted by Crippen LogP contribution is -2.40. The number of halogens is 1. The molecule has 0 spiro atoms. The summed E-state index contributed by atoms with van der Waals surface area (Å²) in [5.41, 5.74) is 1.49. The van der Waals surface area contributed by atoms with Crippen molar-refractivity contribution in [3.05, 3.63) is 64.7 Å². The number of carbonyl (C=O) groups excluding carboxylic acids is 1. The van der Waals surface area contributed by atoms with E-state index in [0.717, 1.165) is 17.4 Å². The maximum atomic E-state index is 12.9. The van der Waals surface area contributed by atoms with E-state index in [4.69, 9.17) is 16.3 Å². The summed E-state index contributed by atoms with van der Waals surface area (Å²) in [5, 5.41) is 3.90. The summed E-state index contributed by atoms with van der Waals surface area (Å²) in [7, 11) is 0. The van der Waals surface area contributed by atoms with Crippen LogP contribution in [0.15, 0.2) is 48.5 Å². The topological polar surface area (TPSA) is 38.3 Å². The summed E-state index contributed by atoms with van der Waals surface area (Å²) in [6.45, 7) is 2.49. The number of fused-ring (bicyclic) bond motifs is 2. The Hall–Kier alpha value is -2.00. The first-order chi connectivity index (χ1) is 13.1. The number of benzene rings is 2. The lowest BCUT2D eigenvalue weighted by Gasteiger charge is -2.28. The van der Waals surface area contributed by atoms with Gasteiger partial charge in [-0.3, -0.25) is 4.79 Å². The average Bonchev–Trinajstić information content (AvgIpc) is 3.31. The van der Waals surface area contributed by atoms with Crippen LogP contribution in [0.2, 0.25) is 5.02 Å². The molecule has 2 fully saturated rings. The summed E-state index contributed by atoms with van der Waals surface area (Å²) >= 11 is 6.21. The van der Waals surface area contributed by atoms with Crippen molar-refractivity contribution in [1.29, 1.82) is 0 Å². The van der Waals surface area contributed by atoms with Crippen LogP contribution in [-0.2, 0) is 6.61 Å². The van der Waals surface area contributed by atoms with Crippen molar-refractivity contribution in [1.82, 2.24) is 5.32 Å². The first-order valence-corrected chi connectivity index (χ1v) is 10.3. The normalized spacial score (nSPS) is 24.6. The summed E-state index contributed by atoms with van der Waals surface area (Å²) in [6, 6.07) is 15.2. The Morgan fingerprint density at radius 1 is 1.15 bits per heavy atom. The maximum Gasteiger partial charge on any atom is 0.255 e. The lowest BCUT2D eigenvalue weighted by molar-refractivity contribution is 0.0910. The number of carbonyl (C=O) groups is 1. The highest BCUT2D eigenvalue weighted by Gasteiger charge is 2.42. The zero-order chi connectivity index (χ0) is 18.8. The van der Waals surface area contributed by atoms with Crippen molar-refractivity contribution in [2.45, 2.75) is 45.3 Å². The third-order valence-corrected chi connectivity index (χ3v) is 6.64. The van der Waals surface area contributed by atoms with Crippen LogP contribution in [0.25, 0.3) is 0 Å². The van der Waals surface area contributed by atoms with Gasteiger partial charge in [-0.25, -0.2) is 0 Å². The molecule has 2 aliphatic rings.